The minimum Gasteiger partial charge on any atom is -0.328 e. The lowest BCUT2D eigenvalue weighted by Crippen LogP contribution is -2.66. The van der Waals surface area contributed by atoms with E-state index in [0.29, 0.717) is 24.1 Å². The fraction of sp³-hybridized carbons (Fsp3) is 0.526. The Balaban J connectivity index is 2.18. The molecule has 1 aromatic rings. The van der Waals surface area contributed by atoms with Crippen molar-refractivity contribution in [3.8, 4) is 0 Å². The van der Waals surface area contributed by atoms with Crippen molar-refractivity contribution in [3.05, 3.63) is 29.8 Å². The number of nitrogens with zero attached hydrogens (tertiary/aromatic N) is 1. The van der Waals surface area contributed by atoms with Crippen molar-refractivity contribution in [2.75, 3.05) is 5.32 Å². The number of carbonyl (C=O) groups is 3. The highest BCUT2D eigenvalue weighted by molar-refractivity contribution is 6.39. The van der Waals surface area contributed by atoms with E-state index in [0.717, 1.165) is 0 Å². The average molecular weight is 345 g/mol. The zero-order valence-electron chi connectivity index (χ0n) is 15.6. The summed E-state index contributed by atoms with van der Waals surface area (Å²) in [4.78, 5) is 38.3. The first-order valence-corrected chi connectivity index (χ1v) is 8.46. The summed E-state index contributed by atoms with van der Waals surface area (Å²) in [5, 5.41) is 2.62. The second-order valence-corrected chi connectivity index (χ2v) is 8.02. The van der Waals surface area contributed by atoms with E-state index in [2.05, 4.69) is 5.32 Å². The van der Waals surface area contributed by atoms with Gasteiger partial charge in [-0.1, -0.05) is 0 Å². The minimum absolute atomic E-state index is 0.00348. The maximum atomic E-state index is 12.8. The highest BCUT2D eigenvalue weighted by atomic mass is 16.2. The number of rotatable bonds is 2. The van der Waals surface area contributed by atoms with E-state index in [1.54, 1.807) is 29.2 Å². The fourth-order valence-electron chi connectivity index (χ4n) is 3.98. The molecule has 1 fully saturated rings. The van der Waals surface area contributed by atoms with E-state index < -0.39 is 22.9 Å². The van der Waals surface area contributed by atoms with Gasteiger partial charge in [0.05, 0.1) is 0 Å². The van der Waals surface area contributed by atoms with E-state index in [1.165, 1.54) is 6.92 Å². The molecule has 0 saturated carbocycles. The van der Waals surface area contributed by atoms with Crippen molar-refractivity contribution in [1.29, 1.82) is 0 Å². The maximum Gasteiger partial charge on any atom is 0.313 e. The van der Waals surface area contributed by atoms with Gasteiger partial charge in [0, 0.05) is 28.4 Å². The first kappa shape index (κ1) is 19.1. The number of nitrogens with one attached hydrogen (secondary N) is 1. The summed E-state index contributed by atoms with van der Waals surface area (Å²) in [5.74, 6) is -1.31. The Morgan fingerprint density at radius 2 is 1.52 bits per heavy atom. The molecule has 6 heteroatoms. The number of carbonyl (C=O) groups excluding carboxylic acids is 3. The second kappa shape index (κ2) is 6.59. The summed E-state index contributed by atoms with van der Waals surface area (Å²) in [5.41, 5.74) is 6.14. The predicted molar refractivity (Wildman–Crippen MR) is 97.3 cm³/mol. The fourth-order valence-corrected chi connectivity index (χ4v) is 3.98. The molecule has 0 spiro atoms. The van der Waals surface area contributed by atoms with Gasteiger partial charge in [-0.15, -0.1) is 0 Å². The monoisotopic (exact) mass is 345 g/mol. The lowest BCUT2D eigenvalue weighted by molar-refractivity contribution is -0.156. The second-order valence-electron chi connectivity index (χ2n) is 8.02. The van der Waals surface area contributed by atoms with Crippen molar-refractivity contribution in [1.82, 2.24) is 4.90 Å². The van der Waals surface area contributed by atoms with Gasteiger partial charge in [0.25, 0.3) is 0 Å². The van der Waals surface area contributed by atoms with Gasteiger partial charge in [0.15, 0.2) is 5.78 Å². The molecular formula is C19H27N3O3. The molecule has 0 unspecified atom stereocenters. The van der Waals surface area contributed by atoms with Gasteiger partial charge < -0.3 is 16.0 Å². The number of benzene rings is 1. The number of piperidine rings is 1. The van der Waals surface area contributed by atoms with Crippen LogP contribution in [0.25, 0.3) is 0 Å². The van der Waals surface area contributed by atoms with Crippen LogP contribution in [0.15, 0.2) is 24.3 Å². The molecule has 1 aliphatic rings. The number of likely N-dealkylation sites (tertiary alicyclic amines) is 1. The Bertz CT molecular complexity index is 674. The number of Topliss-reactive ketones (excluding diaryl/α,β-unsaturated/α-hetero) is 1. The lowest BCUT2D eigenvalue weighted by atomic mass is 9.77. The highest BCUT2D eigenvalue weighted by Gasteiger charge is 2.48. The molecule has 3 N–H and O–H groups in total. The van der Waals surface area contributed by atoms with Crippen molar-refractivity contribution in [2.24, 2.45) is 5.73 Å². The molecule has 1 aromatic carbocycles. The van der Waals surface area contributed by atoms with Crippen molar-refractivity contribution >= 4 is 23.3 Å². The number of nitrogens with two attached hydrogens (primary N) is 1. The third kappa shape index (κ3) is 4.07. The van der Waals surface area contributed by atoms with Crippen LogP contribution in [0.3, 0.4) is 0 Å². The van der Waals surface area contributed by atoms with Crippen molar-refractivity contribution in [2.45, 2.75) is 64.6 Å². The summed E-state index contributed by atoms with van der Waals surface area (Å²) in [6.45, 7) is 9.20. The molecule has 2 amide bonds. The Morgan fingerprint density at radius 3 is 1.96 bits per heavy atom. The van der Waals surface area contributed by atoms with Gasteiger partial charge in [0.2, 0.25) is 0 Å². The molecule has 1 aliphatic heterocycles. The summed E-state index contributed by atoms with van der Waals surface area (Å²) in [6, 6.07) is 6.47. The van der Waals surface area contributed by atoms with E-state index >= 15 is 0 Å². The predicted octanol–water partition coefficient (Wildman–Crippen LogP) is 2.33. The van der Waals surface area contributed by atoms with Gasteiger partial charge in [0.1, 0.15) is 0 Å². The summed E-state index contributed by atoms with van der Waals surface area (Å²) >= 11 is 0. The SMILES string of the molecule is CC(=O)c1ccc(NC(=O)C(=O)N2C(C)(C)CC(N)CC2(C)C)cc1. The van der Waals surface area contributed by atoms with Gasteiger partial charge in [-0.2, -0.15) is 0 Å². The van der Waals surface area contributed by atoms with Crippen LogP contribution in [0, 0.1) is 0 Å². The number of anilines is 1. The number of amides is 2. The van der Waals surface area contributed by atoms with E-state index in [4.69, 9.17) is 5.73 Å². The third-order valence-electron chi connectivity index (χ3n) is 4.68. The zero-order chi connectivity index (χ0) is 19.0. The molecule has 25 heavy (non-hydrogen) atoms. The van der Waals surface area contributed by atoms with Crippen molar-refractivity contribution < 1.29 is 14.4 Å². The largest absolute Gasteiger partial charge is 0.328 e. The van der Waals surface area contributed by atoms with Crippen LogP contribution >= 0.6 is 0 Å². The quantitative estimate of drug-likeness (QED) is 0.635. The van der Waals surface area contributed by atoms with E-state index in [9.17, 15) is 14.4 Å². The molecule has 0 bridgehead atoms. The van der Waals surface area contributed by atoms with Crippen LogP contribution in [-0.2, 0) is 9.59 Å². The van der Waals surface area contributed by atoms with E-state index in [1.807, 2.05) is 27.7 Å². The molecule has 1 saturated heterocycles. The van der Waals surface area contributed by atoms with Crippen LogP contribution in [0.1, 0.15) is 57.8 Å². The van der Waals surface area contributed by atoms with Gasteiger partial charge in [-0.25, -0.2) is 0 Å². The number of hydrogen-bond acceptors (Lipinski definition) is 4. The molecule has 1 heterocycles. The van der Waals surface area contributed by atoms with Crippen LogP contribution in [-0.4, -0.2) is 39.6 Å². The topological polar surface area (TPSA) is 92.5 Å². The van der Waals surface area contributed by atoms with Crippen LogP contribution in [0.5, 0.6) is 0 Å². The third-order valence-corrected chi connectivity index (χ3v) is 4.68. The lowest BCUT2D eigenvalue weighted by Gasteiger charge is -2.54. The minimum atomic E-state index is -0.688. The Kier molecular flexibility index (Phi) is 5.04. The zero-order valence-corrected chi connectivity index (χ0v) is 15.6. The molecule has 0 atom stereocenters. The van der Waals surface area contributed by atoms with Crippen LogP contribution in [0.4, 0.5) is 5.69 Å². The van der Waals surface area contributed by atoms with Gasteiger partial charge in [-0.3, -0.25) is 14.4 Å². The Hall–Kier alpha value is -2.21. The van der Waals surface area contributed by atoms with E-state index in [-0.39, 0.29) is 11.8 Å². The highest BCUT2D eigenvalue weighted by Crippen LogP contribution is 2.37. The number of hydrogen-bond donors (Lipinski definition) is 2. The molecule has 0 radical (unpaired) electrons. The Labute approximate surface area is 148 Å². The molecule has 0 aliphatic carbocycles. The standard InChI is InChI=1S/C19H27N3O3/c1-12(23)13-6-8-15(9-7-13)21-16(24)17(25)22-18(2,3)10-14(20)11-19(22,4)5/h6-9,14H,10-11,20H2,1-5H3,(H,21,24). The summed E-state index contributed by atoms with van der Waals surface area (Å²) in [7, 11) is 0. The van der Waals surface area contributed by atoms with Crippen LogP contribution in [0.2, 0.25) is 0 Å². The van der Waals surface area contributed by atoms with Gasteiger partial charge in [-0.05, 0) is 71.7 Å². The summed E-state index contributed by atoms with van der Waals surface area (Å²) in [6.07, 6.45) is 1.28. The summed E-state index contributed by atoms with van der Waals surface area (Å²) < 4.78 is 0. The van der Waals surface area contributed by atoms with Crippen molar-refractivity contribution in [3.63, 3.8) is 0 Å². The van der Waals surface area contributed by atoms with Gasteiger partial charge >= 0.3 is 11.8 Å². The smallest absolute Gasteiger partial charge is 0.313 e. The molecule has 6 nitrogen and oxygen atoms in total. The molecule has 2 rings (SSSR count). The normalized spacial score (nSPS) is 19.4. The number of ketones is 1. The molecule has 136 valence electrons. The average Bonchev–Trinajstić information content (AvgIpc) is 2.44. The van der Waals surface area contributed by atoms with Crippen LogP contribution < -0.4 is 11.1 Å². The molecular weight excluding hydrogens is 318 g/mol. The first-order valence-electron chi connectivity index (χ1n) is 8.46. The first-order chi connectivity index (χ1) is 11.4. The molecule has 0 aromatic heterocycles. The Morgan fingerprint density at radius 1 is 1.04 bits per heavy atom. The maximum absolute atomic E-state index is 12.8.